The van der Waals surface area contributed by atoms with Crippen molar-refractivity contribution in [1.29, 1.82) is 0 Å². The molecule has 100 valence electrons. The summed E-state index contributed by atoms with van der Waals surface area (Å²) in [5.41, 5.74) is 0.925. The van der Waals surface area contributed by atoms with E-state index in [1.54, 1.807) is 0 Å². The van der Waals surface area contributed by atoms with Crippen molar-refractivity contribution in [2.45, 2.75) is 25.2 Å². The molecule has 0 aliphatic carbocycles. The second kappa shape index (κ2) is 5.71. The van der Waals surface area contributed by atoms with Crippen LogP contribution >= 0.6 is 0 Å². The van der Waals surface area contributed by atoms with Crippen LogP contribution < -0.4 is 5.32 Å². The van der Waals surface area contributed by atoms with Gasteiger partial charge in [-0.15, -0.1) is 0 Å². The summed E-state index contributed by atoms with van der Waals surface area (Å²) < 4.78 is 39.0. The van der Waals surface area contributed by atoms with Crippen molar-refractivity contribution < 1.29 is 13.2 Å². The van der Waals surface area contributed by atoms with Gasteiger partial charge in [0.15, 0.2) is 0 Å². The SMILES string of the molecule is FC(F)(F)C1CCNCCN1Cc1ccccc1. The maximum atomic E-state index is 13.0. The van der Waals surface area contributed by atoms with Gasteiger partial charge in [0.05, 0.1) is 0 Å². The molecule has 1 aromatic carbocycles. The first-order chi connectivity index (χ1) is 8.57. The minimum Gasteiger partial charge on any atom is -0.315 e. The molecule has 2 rings (SSSR count). The lowest BCUT2D eigenvalue weighted by atomic mass is 10.1. The molecule has 0 aromatic heterocycles. The van der Waals surface area contributed by atoms with Crippen LogP contribution in [-0.4, -0.2) is 36.8 Å². The molecule has 1 N–H and O–H groups in total. The number of hydrogen-bond donors (Lipinski definition) is 1. The highest BCUT2D eigenvalue weighted by molar-refractivity contribution is 5.14. The third kappa shape index (κ3) is 3.46. The molecule has 0 bridgehead atoms. The first kappa shape index (κ1) is 13.4. The van der Waals surface area contributed by atoms with Gasteiger partial charge in [0.25, 0.3) is 0 Å². The van der Waals surface area contributed by atoms with Crippen molar-refractivity contribution in [1.82, 2.24) is 10.2 Å². The Bertz CT molecular complexity index is 364. The molecule has 5 heteroatoms. The van der Waals surface area contributed by atoms with E-state index in [-0.39, 0.29) is 6.42 Å². The van der Waals surface area contributed by atoms with Crippen molar-refractivity contribution >= 4 is 0 Å². The molecule has 0 amide bonds. The molecule has 1 saturated heterocycles. The van der Waals surface area contributed by atoms with Crippen molar-refractivity contribution in [3.05, 3.63) is 35.9 Å². The zero-order valence-electron chi connectivity index (χ0n) is 10.1. The Labute approximate surface area is 105 Å². The predicted molar refractivity (Wildman–Crippen MR) is 64.2 cm³/mol. The molecule has 1 atom stereocenters. The van der Waals surface area contributed by atoms with Crippen LogP contribution in [0.15, 0.2) is 30.3 Å². The molecule has 1 unspecified atom stereocenters. The van der Waals surface area contributed by atoms with Crippen molar-refractivity contribution in [3.8, 4) is 0 Å². The number of rotatable bonds is 2. The predicted octanol–water partition coefficient (Wildman–Crippen LogP) is 2.41. The molecule has 1 aliphatic rings. The Hall–Kier alpha value is -1.07. The molecule has 0 spiro atoms. The minimum atomic E-state index is -4.15. The van der Waals surface area contributed by atoms with E-state index >= 15 is 0 Å². The van der Waals surface area contributed by atoms with Gasteiger partial charge >= 0.3 is 6.18 Å². The number of halogens is 3. The second-order valence-electron chi connectivity index (χ2n) is 4.55. The first-order valence-electron chi connectivity index (χ1n) is 6.13. The zero-order valence-corrected chi connectivity index (χ0v) is 10.1. The lowest BCUT2D eigenvalue weighted by Crippen LogP contribution is -2.45. The van der Waals surface area contributed by atoms with E-state index in [0.29, 0.717) is 26.2 Å². The Morgan fingerprint density at radius 1 is 1.17 bits per heavy atom. The monoisotopic (exact) mass is 258 g/mol. The fourth-order valence-corrected chi connectivity index (χ4v) is 2.30. The van der Waals surface area contributed by atoms with Gasteiger partial charge < -0.3 is 5.32 Å². The van der Waals surface area contributed by atoms with Crippen LogP contribution in [0, 0.1) is 0 Å². The normalized spacial score (nSPS) is 22.7. The molecule has 1 aromatic rings. The van der Waals surface area contributed by atoms with Crippen molar-refractivity contribution in [2.24, 2.45) is 0 Å². The highest BCUT2D eigenvalue weighted by atomic mass is 19.4. The van der Waals surface area contributed by atoms with Gasteiger partial charge in [0.1, 0.15) is 6.04 Å². The van der Waals surface area contributed by atoms with E-state index in [2.05, 4.69) is 5.32 Å². The van der Waals surface area contributed by atoms with Crippen LogP contribution in [-0.2, 0) is 6.54 Å². The van der Waals surface area contributed by atoms with Gasteiger partial charge in [-0.25, -0.2) is 0 Å². The van der Waals surface area contributed by atoms with Gasteiger partial charge in [-0.3, -0.25) is 4.90 Å². The van der Waals surface area contributed by atoms with Gasteiger partial charge in [-0.1, -0.05) is 30.3 Å². The summed E-state index contributed by atoms with van der Waals surface area (Å²) in [5.74, 6) is 0. The van der Waals surface area contributed by atoms with E-state index in [0.717, 1.165) is 5.56 Å². The smallest absolute Gasteiger partial charge is 0.315 e. The molecule has 18 heavy (non-hydrogen) atoms. The average Bonchev–Trinajstić information content (AvgIpc) is 2.55. The second-order valence-corrected chi connectivity index (χ2v) is 4.55. The van der Waals surface area contributed by atoms with Gasteiger partial charge in [0.2, 0.25) is 0 Å². The topological polar surface area (TPSA) is 15.3 Å². The standard InChI is InChI=1S/C13H17F3N2/c14-13(15,16)12-6-7-17-8-9-18(12)10-11-4-2-1-3-5-11/h1-5,12,17H,6-10H2. The number of nitrogens with zero attached hydrogens (tertiary/aromatic N) is 1. The fraction of sp³-hybridized carbons (Fsp3) is 0.538. The Morgan fingerprint density at radius 2 is 1.89 bits per heavy atom. The summed E-state index contributed by atoms with van der Waals surface area (Å²) in [6, 6.07) is 7.97. The molecule has 0 radical (unpaired) electrons. The van der Waals surface area contributed by atoms with Crippen LogP contribution in [0.1, 0.15) is 12.0 Å². The molecule has 1 aliphatic heterocycles. The minimum absolute atomic E-state index is 0.121. The van der Waals surface area contributed by atoms with Gasteiger partial charge in [0, 0.05) is 19.6 Å². The Balaban J connectivity index is 2.11. The van der Waals surface area contributed by atoms with Gasteiger partial charge in [-0.05, 0) is 18.5 Å². The van der Waals surface area contributed by atoms with Crippen LogP contribution in [0.5, 0.6) is 0 Å². The molecule has 1 heterocycles. The molecule has 0 saturated carbocycles. The largest absolute Gasteiger partial charge is 0.404 e. The summed E-state index contributed by atoms with van der Waals surface area (Å²) in [6.07, 6.45) is -4.03. The average molecular weight is 258 g/mol. The third-order valence-corrected chi connectivity index (χ3v) is 3.22. The number of nitrogens with one attached hydrogen (secondary N) is 1. The maximum absolute atomic E-state index is 13.0. The number of alkyl halides is 3. The van der Waals surface area contributed by atoms with E-state index in [9.17, 15) is 13.2 Å². The summed E-state index contributed by atoms with van der Waals surface area (Å²) in [4.78, 5) is 1.52. The van der Waals surface area contributed by atoms with Crippen LogP contribution in [0.2, 0.25) is 0 Å². The Morgan fingerprint density at radius 3 is 2.56 bits per heavy atom. The summed E-state index contributed by atoms with van der Waals surface area (Å²) >= 11 is 0. The lowest BCUT2D eigenvalue weighted by molar-refractivity contribution is -0.184. The van der Waals surface area contributed by atoms with Crippen molar-refractivity contribution in [3.63, 3.8) is 0 Å². The van der Waals surface area contributed by atoms with Crippen LogP contribution in [0.4, 0.5) is 13.2 Å². The van der Waals surface area contributed by atoms with Crippen molar-refractivity contribution in [2.75, 3.05) is 19.6 Å². The lowest BCUT2D eigenvalue weighted by Gasteiger charge is -2.31. The fourth-order valence-electron chi connectivity index (χ4n) is 2.30. The highest BCUT2D eigenvalue weighted by Gasteiger charge is 2.43. The third-order valence-electron chi connectivity index (χ3n) is 3.22. The molecular weight excluding hydrogens is 241 g/mol. The maximum Gasteiger partial charge on any atom is 0.404 e. The first-order valence-corrected chi connectivity index (χ1v) is 6.13. The highest BCUT2D eigenvalue weighted by Crippen LogP contribution is 2.28. The van der Waals surface area contributed by atoms with E-state index in [1.165, 1.54) is 4.90 Å². The van der Waals surface area contributed by atoms with E-state index < -0.39 is 12.2 Å². The summed E-state index contributed by atoms with van der Waals surface area (Å²) in [7, 11) is 0. The summed E-state index contributed by atoms with van der Waals surface area (Å²) in [6.45, 7) is 1.82. The molecular formula is C13H17F3N2. The number of benzene rings is 1. The summed E-state index contributed by atoms with van der Waals surface area (Å²) in [5, 5.41) is 3.02. The van der Waals surface area contributed by atoms with Gasteiger partial charge in [-0.2, -0.15) is 13.2 Å². The number of hydrogen-bond acceptors (Lipinski definition) is 2. The molecule has 1 fully saturated rings. The zero-order chi connectivity index (χ0) is 13.0. The quantitative estimate of drug-likeness (QED) is 0.876. The van der Waals surface area contributed by atoms with Crippen LogP contribution in [0.25, 0.3) is 0 Å². The van der Waals surface area contributed by atoms with E-state index in [1.807, 2.05) is 30.3 Å². The van der Waals surface area contributed by atoms with E-state index in [4.69, 9.17) is 0 Å². The van der Waals surface area contributed by atoms with Crippen LogP contribution in [0.3, 0.4) is 0 Å². The Kier molecular flexibility index (Phi) is 4.24. The molecule has 2 nitrogen and oxygen atoms in total.